The van der Waals surface area contributed by atoms with Crippen molar-refractivity contribution >= 4 is 0 Å². The zero-order valence-electron chi connectivity index (χ0n) is 6.75. The maximum Gasteiger partial charge on any atom is 0.109 e. The van der Waals surface area contributed by atoms with Crippen molar-refractivity contribution in [3.05, 3.63) is 17.7 Å². The number of rotatable bonds is 0. The molecule has 1 aliphatic heterocycles. The minimum atomic E-state index is 0.330. The third-order valence-corrected chi connectivity index (χ3v) is 2.15. The SMILES string of the molecule is Cc1cn2c(n1)CC[C@H](N)C2. The highest BCUT2D eigenvalue weighted by Crippen LogP contribution is 2.13. The summed E-state index contributed by atoms with van der Waals surface area (Å²) in [6.07, 6.45) is 4.19. The van der Waals surface area contributed by atoms with Gasteiger partial charge in [-0.2, -0.15) is 0 Å². The van der Waals surface area contributed by atoms with Gasteiger partial charge in [-0.25, -0.2) is 4.98 Å². The zero-order valence-corrected chi connectivity index (χ0v) is 6.75. The first-order chi connectivity index (χ1) is 5.25. The Labute approximate surface area is 66.2 Å². The summed E-state index contributed by atoms with van der Waals surface area (Å²) in [6, 6.07) is 0.330. The van der Waals surface area contributed by atoms with Gasteiger partial charge >= 0.3 is 0 Å². The molecule has 60 valence electrons. The largest absolute Gasteiger partial charge is 0.333 e. The van der Waals surface area contributed by atoms with Gasteiger partial charge in [0.2, 0.25) is 0 Å². The predicted molar refractivity (Wildman–Crippen MR) is 43.3 cm³/mol. The van der Waals surface area contributed by atoms with Crippen LogP contribution in [-0.2, 0) is 13.0 Å². The number of aromatic nitrogens is 2. The molecule has 0 saturated heterocycles. The van der Waals surface area contributed by atoms with Crippen molar-refractivity contribution in [2.24, 2.45) is 5.73 Å². The van der Waals surface area contributed by atoms with Crippen LogP contribution in [0.1, 0.15) is 17.9 Å². The third-order valence-electron chi connectivity index (χ3n) is 2.15. The number of nitrogens with two attached hydrogens (primary N) is 1. The highest BCUT2D eigenvalue weighted by atomic mass is 15.1. The number of fused-ring (bicyclic) bond motifs is 1. The van der Waals surface area contributed by atoms with Gasteiger partial charge in [0.25, 0.3) is 0 Å². The van der Waals surface area contributed by atoms with Crippen molar-refractivity contribution in [3.8, 4) is 0 Å². The second-order valence-corrected chi connectivity index (χ2v) is 3.25. The molecular formula is C8H13N3. The summed E-state index contributed by atoms with van der Waals surface area (Å²) < 4.78 is 2.17. The van der Waals surface area contributed by atoms with Crippen molar-refractivity contribution in [2.75, 3.05) is 0 Å². The van der Waals surface area contributed by atoms with Crippen LogP contribution in [0.15, 0.2) is 6.20 Å². The Hall–Kier alpha value is -0.830. The molecule has 0 radical (unpaired) electrons. The topological polar surface area (TPSA) is 43.8 Å². The first-order valence-electron chi connectivity index (χ1n) is 4.04. The lowest BCUT2D eigenvalue weighted by molar-refractivity contribution is 0.453. The van der Waals surface area contributed by atoms with Crippen molar-refractivity contribution in [3.63, 3.8) is 0 Å². The maximum atomic E-state index is 5.81. The van der Waals surface area contributed by atoms with E-state index in [9.17, 15) is 0 Å². The third kappa shape index (κ3) is 1.16. The van der Waals surface area contributed by atoms with E-state index in [4.69, 9.17) is 5.73 Å². The van der Waals surface area contributed by atoms with Crippen molar-refractivity contribution in [1.82, 2.24) is 9.55 Å². The number of imidazole rings is 1. The van der Waals surface area contributed by atoms with Crippen molar-refractivity contribution in [2.45, 2.75) is 32.4 Å². The van der Waals surface area contributed by atoms with Gasteiger partial charge in [0.1, 0.15) is 5.82 Å². The van der Waals surface area contributed by atoms with E-state index in [0.717, 1.165) is 25.1 Å². The molecule has 1 aliphatic rings. The van der Waals surface area contributed by atoms with Gasteiger partial charge in [-0.15, -0.1) is 0 Å². The molecule has 2 rings (SSSR count). The number of nitrogens with zero attached hydrogens (tertiary/aromatic N) is 2. The van der Waals surface area contributed by atoms with Gasteiger partial charge in [0.15, 0.2) is 0 Å². The van der Waals surface area contributed by atoms with Crippen LogP contribution in [0, 0.1) is 6.92 Å². The van der Waals surface area contributed by atoms with Crippen LogP contribution in [-0.4, -0.2) is 15.6 Å². The van der Waals surface area contributed by atoms with E-state index in [-0.39, 0.29) is 0 Å². The van der Waals surface area contributed by atoms with Crippen LogP contribution in [0.3, 0.4) is 0 Å². The van der Waals surface area contributed by atoms with Gasteiger partial charge < -0.3 is 10.3 Å². The molecule has 0 aliphatic carbocycles. The fourth-order valence-corrected chi connectivity index (χ4v) is 1.61. The normalized spacial score (nSPS) is 23.3. The first-order valence-corrected chi connectivity index (χ1v) is 4.04. The number of hydrogen-bond acceptors (Lipinski definition) is 2. The highest BCUT2D eigenvalue weighted by molar-refractivity contribution is 5.05. The first kappa shape index (κ1) is 6.85. The van der Waals surface area contributed by atoms with E-state index in [2.05, 4.69) is 15.7 Å². The summed E-state index contributed by atoms with van der Waals surface area (Å²) in [5.74, 6) is 1.20. The Morgan fingerprint density at radius 1 is 1.73 bits per heavy atom. The van der Waals surface area contributed by atoms with E-state index in [1.165, 1.54) is 5.82 Å². The molecule has 0 fully saturated rings. The summed E-state index contributed by atoms with van der Waals surface area (Å²) in [6.45, 7) is 2.97. The molecule has 3 nitrogen and oxygen atoms in total. The fourth-order valence-electron chi connectivity index (χ4n) is 1.61. The van der Waals surface area contributed by atoms with E-state index < -0.39 is 0 Å². The smallest absolute Gasteiger partial charge is 0.109 e. The maximum absolute atomic E-state index is 5.81. The Kier molecular flexibility index (Phi) is 1.46. The molecule has 2 N–H and O–H groups in total. The molecular weight excluding hydrogens is 138 g/mol. The van der Waals surface area contributed by atoms with Gasteiger partial charge in [-0.3, -0.25) is 0 Å². The van der Waals surface area contributed by atoms with Gasteiger partial charge in [-0.05, 0) is 13.3 Å². The molecule has 1 atom stereocenters. The lowest BCUT2D eigenvalue weighted by Crippen LogP contribution is -2.31. The fraction of sp³-hybridized carbons (Fsp3) is 0.625. The summed E-state index contributed by atoms with van der Waals surface area (Å²) in [5, 5.41) is 0. The Morgan fingerprint density at radius 3 is 3.36 bits per heavy atom. The van der Waals surface area contributed by atoms with Crippen molar-refractivity contribution in [1.29, 1.82) is 0 Å². The molecule has 2 heterocycles. The van der Waals surface area contributed by atoms with Crippen LogP contribution in [0.5, 0.6) is 0 Å². The van der Waals surface area contributed by atoms with Crippen LogP contribution in [0.25, 0.3) is 0 Å². The molecule has 1 aromatic rings. The Balaban J connectivity index is 2.34. The quantitative estimate of drug-likeness (QED) is 0.585. The van der Waals surface area contributed by atoms with Gasteiger partial charge in [-0.1, -0.05) is 0 Å². The zero-order chi connectivity index (χ0) is 7.84. The predicted octanol–water partition coefficient (Wildman–Crippen LogP) is 0.465. The summed E-state index contributed by atoms with van der Waals surface area (Å²) in [4.78, 5) is 4.39. The van der Waals surface area contributed by atoms with Crippen LogP contribution >= 0.6 is 0 Å². The average Bonchev–Trinajstić information content (AvgIpc) is 2.27. The average molecular weight is 151 g/mol. The van der Waals surface area contributed by atoms with Crippen LogP contribution in [0.2, 0.25) is 0 Å². The van der Waals surface area contributed by atoms with Crippen LogP contribution in [0.4, 0.5) is 0 Å². The minimum Gasteiger partial charge on any atom is -0.333 e. The number of hydrogen-bond donors (Lipinski definition) is 1. The highest BCUT2D eigenvalue weighted by Gasteiger charge is 2.15. The number of aryl methyl sites for hydroxylation is 2. The lowest BCUT2D eigenvalue weighted by Gasteiger charge is -2.19. The summed E-state index contributed by atoms with van der Waals surface area (Å²) in [5.41, 5.74) is 6.92. The van der Waals surface area contributed by atoms with Crippen molar-refractivity contribution < 1.29 is 0 Å². The molecule has 0 spiro atoms. The van der Waals surface area contributed by atoms with E-state index in [0.29, 0.717) is 6.04 Å². The molecule has 0 unspecified atom stereocenters. The monoisotopic (exact) mass is 151 g/mol. The molecule has 0 saturated carbocycles. The Bertz CT molecular complexity index is 264. The second-order valence-electron chi connectivity index (χ2n) is 3.25. The molecule has 0 aromatic carbocycles. The minimum absolute atomic E-state index is 0.330. The summed E-state index contributed by atoms with van der Waals surface area (Å²) in [7, 11) is 0. The Morgan fingerprint density at radius 2 is 2.55 bits per heavy atom. The molecule has 3 heteroatoms. The standard InChI is InChI=1S/C8H13N3/c1-6-4-11-5-7(9)2-3-8(11)10-6/h4,7H,2-3,5,9H2,1H3/t7-/m0/s1. The molecule has 1 aromatic heterocycles. The van der Waals surface area contributed by atoms with E-state index in [1.807, 2.05) is 6.92 Å². The summed E-state index contributed by atoms with van der Waals surface area (Å²) >= 11 is 0. The molecule has 0 bridgehead atoms. The molecule has 0 amide bonds. The lowest BCUT2D eigenvalue weighted by atomic mass is 10.1. The molecule has 11 heavy (non-hydrogen) atoms. The van der Waals surface area contributed by atoms with Gasteiger partial charge in [0, 0.05) is 25.2 Å². The van der Waals surface area contributed by atoms with E-state index in [1.54, 1.807) is 0 Å². The van der Waals surface area contributed by atoms with Gasteiger partial charge in [0.05, 0.1) is 5.69 Å². The second kappa shape index (κ2) is 2.34. The van der Waals surface area contributed by atoms with E-state index >= 15 is 0 Å². The van der Waals surface area contributed by atoms with Crippen LogP contribution < -0.4 is 5.73 Å².